The first kappa shape index (κ1) is 14.5. The van der Waals surface area contributed by atoms with Gasteiger partial charge in [-0.1, -0.05) is 6.07 Å². The van der Waals surface area contributed by atoms with Crippen LogP contribution in [-0.2, 0) is 9.31 Å². The lowest BCUT2D eigenvalue weighted by molar-refractivity contribution is 0.00578. The molecule has 2 heterocycles. The van der Waals surface area contributed by atoms with Crippen LogP contribution in [0.4, 0.5) is 0 Å². The zero-order valence-corrected chi connectivity index (χ0v) is 14.3. The van der Waals surface area contributed by atoms with Crippen molar-refractivity contribution in [3.05, 3.63) is 28.6 Å². The molecule has 2 fully saturated rings. The molecule has 6 nitrogen and oxygen atoms in total. The van der Waals surface area contributed by atoms with Gasteiger partial charge in [0.1, 0.15) is 6.10 Å². The maximum atomic E-state index is 12.2. The van der Waals surface area contributed by atoms with Gasteiger partial charge in [-0.05, 0) is 58.1 Å². The van der Waals surface area contributed by atoms with Gasteiger partial charge in [0.15, 0.2) is 1.41 Å². The molecule has 2 aliphatic rings. The lowest BCUT2D eigenvalue weighted by Crippen LogP contribution is -2.41. The summed E-state index contributed by atoms with van der Waals surface area (Å²) in [6.07, 6.45) is 2.06. The highest BCUT2D eigenvalue weighted by molar-refractivity contribution is 6.62. The van der Waals surface area contributed by atoms with Crippen molar-refractivity contribution in [2.75, 3.05) is 0 Å². The number of rotatable bonds is 3. The van der Waals surface area contributed by atoms with Gasteiger partial charge in [0.05, 0.1) is 22.0 Å². The molecule has 1 N–H and O–H groups in total. The molecule has 24 heavy (non-hydrogen) atoms. The highest BCUT2D eigenvalue weighted by Gasteiger charge is 2.51. The Balaban J connectivity index is 1.79. The van der Waals surface area contributed by atoms with Crippen LogP contribution in [0.15, 0.2) is 23.0 Å². The Morgan fingerprint density at radius 2 is 1.92 bits per heavy atom. The number of nitrogens with zero attached hydrogens (tertiary/aromatic N) is 1. The maximum absolute atomic E-state index is 12.2. The van der Waals surface area contributed by atoms with Crippen LogP contribution >= 0.6 is 0 Å². The van der Waals surface area contributed by atoms with E-state index in [1.807, 2.05) is 33.8 Å². The number of benzene rings is 1. The van der Waals surface area contributed by atoms with Gasteiger partial charge in [-0.25, -0.2) is 5.09 Å². The maximum Gasteiger partial charge on any atom is 0.494 e. The summed E-state index contributed by atoms with van der Waals surface area (Å²) in [5.74, 6) is 0.311. The molecule has 0 atom stereocenters. The Kier molecular flexibility index (Phi) is 3.06. The quantitative estimate of drug-likeness (QED) is 0.869. The molecule has 1 saturated heterocycles. The third kappa shape index (κ3) is 2.52. The fraction of sp³-hybridized carbons (Fsp3) is 0.529. The number of fused-ring (bicyclic) bond motifs is 1. The number of H-pyrrole nitrogens is 1. The number of nitrogens with one attached hydrogen (secondary N) is 1. The monoisotopic (exact) mass is 329 g/mol. The van der Waals surface area contributed by atoms with Crippen LogP contribution in [0.5, 0.6) is 5.88 Å². The van der Waals surface area contributed by atoms with Gasteiger partial charge in [-0.2, -0.15) is 0 Å². The van der Waals surface area contributed by atoms with Gasteiger partial charge < -0.3 is 14.0 Å². The normalized spacial score (nSPS) is 22.7. The lowest BCUT2D eigenvalue weighted by atomic mass is 9.78. The van der Waals surface area contributed by atoms with Crippen molar-refractivity contribution in [3.8, 4) is 5.88 Å². The first-order chi connectivity index (χ1) is 11.7. The summed E-state index contributed by atoms with van der Waals surface area (Å²) in [6.45, 7) is 7.98. The van der Waals surface area contributed by atoms with Crippen LogP contribution in [0.25, 0.3) is 10.8 Å². The molecule has 1 aliphatic carbocycles. The Hall–Kier alpha value is -1.86. The molecular weight excluding hydrogens is 307 g/mol. The highest BCUT2D eigenvalue weighted by Crippen LogP contribution is 2.37. The molecule has 0 unspecified atom stereocenters. The smallest absolute Gasteiger partial charge is 0.473 e. The van der Waals surface area contributed by atoms with Crippen molar-refractivity contribution in [2.24, 2.45) is 0 Å². The molecule has 1 aromatic carbocycles. The number of hydrogen-bond donors (Lipinski definition) is 1. The molecule has 7 heteroatoms. The molecule has 126 valence electrons. The van der Waals surface area contributed by atoms with Crippen molar-refractivity contribution in [2.45, 2.75) is 57.8 Å². The number of aromatic nitrogens is 2. The molecule has 0 amide bonds. The Morgan fingerprint density at radius 1 is 1.25 bits per heavy atom. The second kappa shape index (κ2) is 5.07. The number of hydrogen-bond acceptors (Lipinski definition) is 5. The first-order valence-corrected chi connectivity index (χ1v) is 8.26. The van der Waals surface area contributed by atoms with Gasteiger partial charge in [-0.15, -0.1) is 5.10 Å². The largest absolute Gasteiger partial charge is 0.494 e. The molecule has 0 bridgehead atoms. The van der Waals surface area contributed by atoms with Crippen LogP contribution in [0.1, 0.15) is 40.5 Å². The Morgan fingerprint density at radius 3 is 2.54 bits per heavy atom. The van der Waals surface area contributed by atoms with Crippen LogP contribution in [-0.4, -0.2) is 34.6 Å². The summed E-state index contributed by atoms with van der Waals surface area (Å²) >= 11 is 0. The minimum absolute atomic E-state index is 0.119. The summed E-state index contributed by atoms with van der Waals surface area (Å²) in [4.78, 5) is 12.2. The van der Waals surface area contributed by atoms with E-state index in [0.717, 1.165) is 18.3 Å². The van der Waals surface area contributed by atoms with E-state index < -0.39 is 23.9 Å². The molecule has 0 radical (unpaired) electrons. The van der Waals surface area contributed by atoms with Crippen LogP contribution < -0.4 is 15.8 Å². The highest BCUT2D eigenvalue weighted by atomic mass is 16.7. The van der Waals surface area contributed by atoms with E-state index in [2.05, 4.69) is 5.10 Å². The average molecular weight is 329 g/mol. The predicted octanol–water partition coefficient (Wildman–Crippen LogP) is 1.76. The molecule has 4 rings (SSSR count). The van der Waals surface area contributed by atoms with Gasteiger partial charge >= 0.3 is 7.12 Å². The second-order valence-corrected chi connectivity index (χ2v) is 7.52. The lowest BCUT2D eigenvalue weighted by Gasteiger charge is -2.32. The summed E-state index contributed by atoms with van der Waals surface area (Å²) in [5, 5.41) is 5.54. The van der Waals surface area contributed by atoms with Gasteiger partial charge in [0, 0.05) is 0 Å². The fourth-order valence-electron chi connectivity index (χ4n) is 2.68. The summed E-state index contributed by atoms with van der Waals surface area (Å²) in [5.41, 5.74) is -0.555. The fourth-order valence-corrected chi connectivity index (χ4v) is 2.68. The molecule has 1 aromatic heterocycles. The van der Waals surface area contributed by atoms with Crippen molar-refractivity contribution < 1.29 is 15.5 Å². The molecule has 2 aromatic rings. The molecule has 1 aliphatic heterocycles. The second-order valence-electron chi connectivity index (χ2n) is 7.52. The van der Waals surface area contributed by atoms with Crippen LogP contribution in [0.3, 0.4) is 0 Å². The number of ether oxygens (including phenoxy) is 1. The SMILES string of the molecule is [2H]n1nc(OC2CC2)c2cc(B3OC(C)(C)C(C)(C)O3)ccc2c1=O. The zero-order valence-electron chi connectivity index (χ0n) is 15.3. The van der Waals surface area contributed by atoms with Crippen molar-refractivity contribution >= 4 is 23.4 Å². The predicted molar refractivity (Wildman–Crippen MR) is 91.7 cm³/mol. The average Bonchev–Trinajstić information content (AvgIpc) is 3.31. The van der Waals surface area contributed by atoms with E-state index in [-0.39, 0.29) is 6.10 Å². The third-order valence-corrected chi connectivity index (χ3v) is 5.06. The topological polar surface area (TPSA) is 73.4 Å². The standard InChI is InChI=1S/C17H21BN2O4/c1-16(2)17(3,4)24-18(23-16)10-5-8-12-13(9-10)15(20-19-14(12)21)22-11-6-7-11/h5,8-9,11H,6-7H2,1-4H3,(H,19,21)/i/hD. The van der Waals surface area contributed by atoms with Crippen LogP contribution in [0.2, 0.25) is 1.41 Å². The van der Waals surface area contributed by atoms with E-state index in [9.17, 15) is 4.79 Å². The third-order valence-electron chi connectivity index (χ3n) is 5.06. The first-order valence-electron chi connectivity index (χ1n) is 8.71. The van der Waals surface area contributed by atoms with Crippen molar-refractivity contribution in [1.82, 2.24) is 10.2 Å². The molecule has 0 spiro atoms. The zero-order chi connectivity index (χ0) is 18.0. The van der Waals surface area contributed by atoms with Gasteiger partial charge in [0.2, 0.25) is 5.88 Å². The van der Waals surface area contributed by atoms with E-state index in [1.54, 1.807) is 12.1 Å². The van der Waals surface area contributed by atoms with E-state index >= 15 is 0 Å². The van der Waals surface area contributed by atoms with Gasteiger partial charge in [0.25, 0.3) is 5.56 Å². The van der Waals surface area contributed by atoms with Crippen molar-refractivity contribution in [3.63, 3.8) is 0 Å². The molecule has 1 saturated carbocycles. The summed E-state index contributed by atoms with van der Waals surface area (Å²) in [6, 6.07) is 5.31. The van der Waals surface area contributed by atoms with Gasteiger partial charge in [-0.3, -0.25) is 4.79 Å². The molecular formula is C17H21BN2O4. The Labute approximate surface area is 142 Å². The van der Waals surface area contributed by atoms with Crippen molar-refractivity contribution in [1.29, 1.82) is 0 Å². The minimum atomic E-state index is -0.526. The van der Waals surface area contributed by atoms with E-state index in [1.165, 1.54) is 0 Å². The Bertz CT molecular complexity index is 891. The van der Waals surface area contributed by atoms with E-state index in [4.69, 9.17) is 15.5 Å². The van der Waals surface area contributed by atoms with E-state index in [0.29, 0.717) is 21.7 Å². The number of aromatic amines is 1. The minimum Gasteiger partial charge on any atom is -0.473 e. The van der Waals surface area contributed by atoms with Crippen LogP contribution in [0, 0.1) is 0 Å². The summed E-state index contributed by atoms with van der Waals surface area (Å²) in [7, 11) is -0.526. The summed E-state index contributed by atoms with van der Waals surface area (Å²) < 4.78 is 25.7.